The van der Waals surface area contributed by atoms with Crippen LogP contribution in [0.3, 0.4) is 0 Å². The second-order valence-corrected chi connectivity index (χ2v) is 4.31. The third-order valence-corrected chi connectivity index (χ3v) is 2.81. The number of benzene rings is 1. The number of nitrogens with zero attached hydrogens (tertiary/aromatic N) is 4. The maximum absolute atomic E-state index is 11.8. The van der Waals surface area contributed by atoms with Gasteiger partial charge in [-0.15, -0.1) is 5.10 Å². The third kappa shape index (κ3) is 3.11. The molecule has 3 rings (SSSR count). The molecular formula is C15H12N4O2. The summed E-state index contributed by atoms with van der Waals surface area (Å²) in [6, 6.07) is 12.9. The minimum absolute atomic E-state index is 0.0700. The lowest BCUT2D eigenvalue weighted by Gasteiger charge is -2.01. The zero-order chi connectivity index (χ0) is 14.5. The molecule has 0 saturated carbocycles. The maximum atomic E-state index is 11.8. The molecule has 2 heterocycles. The van der Waals surface area contributed by atoms with Gasteiger partial charge in [-0.3, -0.25) is 4.98 Å². The molecule has 0 spiro atoms. The Labute approximate surface area is 121 Å². The fourth-order valence-corrected chi connectivity index (χ4v) is 1.78. The van der Waals surface area contributed by atoms with Crippen molar-refractivity contribution < 1.29 is 9.53 Å². The van der Waals surface area contributed by atoms with Crippen molar-refractivity contribution >= 4 is 5.97 Å². The summed E-state index contributed by atoms with van der Waals surface area (Å²) in [5.74, 6) is -0.433. The third-order valence-electron chi connectivity index (χ3n) is 2.81. The van der Waals surface area contributed by atoms with Gasteiger partial charge in [-0.2, -0.15) is 0 Å². The summed E-state index contributed by atoms with van der Waals surface area (Å²) in [5, 5.41) is 7.98. The number of hydrogen-bond donors (Lipinski definition) is 0. The predicted octanol–water partition coefficient (Wildman–Crippen LogP) is 2.02. The van der Waals surface area contributed by atoms with Crippen LogP contribution in [0.4, 0.5) is 0 Å². The predicted molar refractivity (Wildman–Crippen MR) is 74.7 cm³/mol. The average molecular weight is 280 g/mol. The molecule has 0 N–H and O–H groups in total. The van der Waals surface area contributed by atoms with Crippen molar-refractivity contribution in [1.29, 1.82) is 0 Å². The molecule has 0 aliphatic rings. The van der Waals surface area contributed by atoms with Crippen LogP contribution >= 0.6 is 0 Å². The fraction of sp³-hybridized carbons (Fsp3) is 0.0667. The summed E-state index contributed by atoms with van der Waals surface area (Å²) < 4.78 is 6.80. The number of esters is 1. The molecular weight excluding hydrogens is 268 g/mol. The molecule has 21 heavy (non-hydrogen) atoms. The monoisotopic (exact) mass is 280 g/mol. The van der Waals surface area contributed by atoms with Gasteiger partial charge in [-0.1, -0.05) is 23.4 Å². The summed E-state index contributed by atoms with van der Waals surface area (Å²) in [6.07, 6.45) is 4.79. The van der Waals surface area contributed by atoms with Crippen molar-refractivity contribution in [1.82, 2.24) is 20.0 Å². The molecule has 0 unspecified atom stereocenters. The van der Waals surface area contributed by atoms with Crippen LogP contribution in [0.1, 0.15) is 16.1 Å². The van der Waals surface area contributed by atoms with E-state index in [1.165, 1.54) is 6.20 Å². The Balaban J connectivity index is 1.64. The summed E-state index contributed by atoms with van der Waals surface area (Å²) >= 11 is 0. The van der Waals surface area contributed by atoms with Gasteiger partial charge in [0.25, 0.3) is 0 Å². The molecule has 3 aromatic rings. The molecule has 0 saturated heterocycles. The van der Waals surface area contributed by atoms with Gasteiger partial charge < -0.3 is 4.74 Å². The van der Waals surface area contributed by atoms with Crippen LogP contribution < -0.4 is 0 Å². The van der Waals surface area contributed by atoms with E-state index < -0.39 is 5.97 Å². The Morgan fingerprint density at radius 1 is 1.14 bits per heavy atom. The van der Waals surface area contributed by atoms with E-state index in [-0.39, 0.29) is 6.61 Å². The zero-order valence-electron chi connectivity index (χ0n) is 11.1. The maximum Gasteiger partial charge on any atom is 0.340 e. The molecule has 6 nitrogen and oxygen atoms in total. The van der Waals surface area contributed by atoms with Crippen molar-refractivity contribution in [3.8, 4) is 5.69 Å². The average Bonchev–Trinajstić information content (AvgIpc) is 3.03. The first-order valence-electron chi connectivity index (χ1n) is 6.37. The van der Waals surface area contributed by atoms with E-state index in [1.54, 1.807) is 29.2 Å². The number of carbonyl (C=O) groups excluding carboxylic acids is 1. The van der Waals surface area contributed by atoms with Crippen LogP contribution in [-0.4, -0.2) is 25.9 Å². The number of para-hydroxylation sites is 1. The van der Waals surface area contributed by atoms with Crippen LogP contribution in [0.25, 0.3) is 5.69 Å². The van der Waals surface area contributed by atoms with Crippen molar-refractivity contribution in [2.45, 2.75) is 6.61 Å². The van der Waals surface area contributed by atoms with Crippen molar-refractivity contribution in [3.05, 3.63) is 72.3 Å². The molecule has 6 heteroatoms. The Bertz CT molecular complexity index is 726. The highest BCUT2D eigenvalue weighted by Gasteiger charge is 2.09. The molecule has 0 bridgehead atoms. The van der Waals surface area contributed by atoms with Crippen LogP contribution in [0.15, 0.2) is 61.1 Å². The molecule has 0 aliphatic carbocycles. The molecule has 1 aromatic carbocycles. The van der Waals surface area contributed by atoms with Gasteiger partial charge in [0.2, 0.25) is 0 Å². The minimum Gasteiger partial charge on any atom is -0.455 e. The molecule has 2 aromatic heterocycles. The van der Waals surface area contributed by atoms with Gasteiger partial charge in [-0.05, 0) is 24.3 Å². The largest absolute Gasteiger partial charge is 0.455 e. The fourth-order valence-electron chi connectivity index (χ4n) is 1.78. The first-order chi connectivity index (χ1) is 10.3. The van der Waals surface area contributed by atoms with Crippen LogP contribution in [0, 0.1) is 0 Å². The minimum atomic E-state index is -0.433. The number of hydrogen-bond acceptors (Lipinski definition) is 5. The molecule has 0 aliphatic heterocycles. The first kappa shape index (κ1) is 13.0. The Kier molecular flexibility index (Phi) is 3.68. The smallest absolute Gasteiger partial charge is 0.340 e. The van der Waals surface area contributed by atoms with Crippen molar-refractivity contribution in [3.63, 3.8) is 0 Å². The lowest BCUT2D eigenvalue weighted by atomic mass is 10.3. The summed E-state index contributed by atoms with van der Waals surface area (Å²) in [4.78, 5) is 15.6. The summed E-state index contributed by atoms with van der Waals surface area (Å²) in [7, 11) is 0. The van der Waals surface area contributed by atoms with Gasteiger partial charge in [0.05, 0.1) is 17.4 Å². The first-order valence-corrected chi connectivity index (χ1v) is 6.37. The van der Waals surface area contributed by atoms with Crippen LogP contribution in [0.5, 0.6) is 0 Å². The van der Waals surface area contributed by atoms with Gasteiger partial charge in [0.1, 0.15) is 12.3 Å². The second-order valence-electron chi connectivity index (χ2n) is 4.31. The number of carbonyl (C=O) groups is 1. The van der Waals surface area contributed by atoms with E-state index in [9.17, 15) is 4.79 Å². The topological polar surface area (TPSA) is 69.9 Å². The van der Waals surface area contributed by atoms with Crippen molar-refractivity contribution in [2.75, 3.05) is 0 Å². The normalized spacial score (nSPS) is 10.3. The van der Waals surface area contributed by atoms with E-state index in [4.69, 9.17) is 4.74 Å². The van der Waals surface area contributed by atoms with Gasteiger partial charge in [-0.25, -0.2) is 9.48 Å². The zero-order valence-corrected chi connectivity index (χ0v) is 11.1. The lowest BCUT2D eigenvalue weighted by molar-refractivity contribution is 0.0467. The Morgan fingerprint density at radius 2 is 2.00 bits per heavy atom. The SMILES string of the molecule is O=C(OCc1cn(-c2ccccc2)nn1)c1cccnc1. The van der Waals surface area contributed by atoms with Crippen molar-refractivity contribution in [2.24, 2.45) is 0 Å². The molecule has 0 atom stereocenters. The van der Waals surface area contributed by atoms with Crippen LogP contribution in [-0.2, 0) is 11.3 Å². The highest BCUT2D eigenvalue weighted by Crippen LogP contribution is 2.07. The van der Waals surface area contributed by atoms with Gasteiger partial charge >= 0.3 is 5.97 Å². The number of ether oxygens (including phenoxy) is 1. The summed E-state index contributed by atoms with van der Waals surface area (Å²) in [6.45, 7) is 0.0700. The number of aromatic nitrogens is 4. The quantitative estimate of drug-likeness (QED) is 0.684. The molecule has 0 fully saturated rings. The van der Waals surface area contributed by atoms with Crippen LogP contribution in [0.2, 0.25) is 0 Å². The van der Waals surface area contributed by atoms with Gasteiger partial charge in [0.15, 0.2) is 0 Å². The van der Waals surface area contributed by atoms with E-state index in [2.05, 4.69) is 15.3 Å². The van der Waals surface area contributed by atoms with Gasteiger partial charge in [0, 0.05) is 12.4 Å². The van der Waals surface area contributed by atoms with E-state index in [0.717, 1.165) is 5.69 Å². The highest BCUT2D eigenvalue weighted by atomic mass is 16.5. The van der Waals surface area contributed by atoms with E-state index >= 15 is 0 Å². The molecule has 104 valence electrons. The summed E-state index contributed by atoms with van der Waals surface area (Å²) in [5.41, 5.74) is 1.89. The van der Waals surface area contributed by atoms with E-state index in [0.29, 0.717) is 11.3 Å². The van der Waals surface area contributed by atoms with E-state index in [1.807, 2.05) is 30.3 Å². The lowest BCUT2D eigenvalue weighted by Crippen LogP contribution is -2.05. The highest BCUT2D eigenvalue weighted by molar-refractivity contribution is 5.88. The Morgan fingerprint density at radius 3 is 2.76 bits per heavy atom. The standard InChI is InChI=1S/C15H12N4O2/c20-15(12-5-4-8-16-9-12)21-11-13-10-19(18-17-13)14-6-2-1-3-7-14/h1-10H,11H2. The second kappa shape index (κ2) is 5.96. The number of pyridine rings is 1. The molecule has 0 radical (unpaired) electrons. The Hall–Kier alpha value is -3.02. The number of rotatable bonds is 4. The molecule has 0 amide bonds.